The third kappa shape index (κ3) is 1.90. The van der Waals surface area contributed by atoms with Crippen LogP contribution in [0, 0.1) is 13.8 Å². The van der Waals surface area contributed by atoms with Gasteiger partial charge >= 0.3 is 0 Å². The van der Waals surface area contributed by atoms with Crippen molar-refractivity contribution in [3.63, 3.8) is 0 Å². The molecular weight excluding hydrogens is 174 g/mol. The first-order valence-corrected chi connectivity index (χ1v) is 4.89. The molecule has 0 fully saturated rings. The summed E-state index contributed by atoms with van der Waals surface area (Å²) in [6.07, 6.45) is 0. The molecule has 2 heteroatoms. The molecule has 0 unspecified atom stereocenters. The van der Waals surface area contributed by atoms with Gasteiger partial charge < -0.3 is 10.8 Å². The Kier molecular flexibility index (Phi) is 2.86. The zero-order valence-electron chi connectivity index (χ0n) is 9.39. The minimum atomic E-state index is -0.0246. The molecule has 0 aliphatic rings. The molecule has 0 saturated carbocycles. The van der Waals surface area contributed by atoms with Crippen molar-refractivity contribution < 1.29 is 5.11 Å². The van der Waals surface area contributed by atoms with Crippen molar-refractivity contribution >= 4 is 0 Å². The maximum Gasteiger partial charge on any atom is 0.121 e. The number of benzene rings is 1. The largest absolute Gasteiger partial charge is 0.507 e. The van der Waals surface area contributed by atoms with Crippen molar-refractivity contribution in [2.45, 2.75) is 33.1 Å². The van der Waals surface area contributed by atoms with Gasteiger partial charge in [-0.15, -0.1) is 0 Å². The molecule has 2 nitrogen and oxygen atoms in total. The molecule has 0 radical (unpaired) electrons. The van der Waals surface area contributed by atoms with Gasteiger partial charge in [0.05, 0.1) is 0 Å². The highest BCUT2D eigenvalue weighted by Crippen LogP contribution is 2.29. The van der Waals surface area contributed by atoms with Crippen LogP contribution in [0.5, 0.6) is 5.75 Å². The standard InChI is InChI=1S/C12H19NO/c1-8-5-10(12(3,4)7-13)6-9(2)11(8)14/h5-6,14H,7,13H2,1-4H3. The molecule has 1 rings (SSSR count). The molecule has 0 amide bonds. The molecule has 0 aliphatic carbocycles. The molecule has 0 spiro atoms. The Morgan fingerprint density at radius 3 is 2.00 bits per heavy atom. The molecule has 0 bridgehead atoms. The number of hydrogen-bond acceptors (Lipinski definition) is 2. The van der Waals surface area contributed by atoms with Crippen LogP contribution in [0.15, 0.2) is 12.1 Å². The van der Waals surface area contributed by atoms with Crippen LogP contribution in [-0.4, -0.2) is 11.7 Å². The summed E-state index contributed by atoms with van der Waals surface area (Å²) in [6.45, 7) is 8.66. The van der Waals surface area contributed by atoms with Crippen molar-refractivity contribution in [3.8, 4) is 5.75 Å². The van der Waals surface area contributed by atoms with E-state index in [1.54, 1.807) is 0 Å². The van der Waals surface area contributed by atoms with Gasteiger partial charge in [-0.25, -0.2) is 0 Å². The maximum atomic E-state index is 9.64. The van der Waals surface area contributed by atoms with E-state index in [0.717, 1.165) is 11.1 Å². The summed E-state index contributed by atoms with van der Waals surface area (Å²) >= 11 is 0. The van der Waals surface area contributed by atoms with Crippen LogP contribution in [0.1, 0.15) is 30.5 Å². The summed E-state index contributed by atoms with van der Waals surface area (Å²) < 4.78 is 0. The third-order valence-corrected chi connectivity index (χ3v) is 2.78. The molecule has 14 heavy (non-hydrogen) atoms. The predicted octanol–water partition coefficient (Wildman–Crippen LogP) is 2.25. The van der Waals surface area contributed by atoms with Gasteiger partial charge in [0.2, 0.25) is 0 Å². The van der Waals surface area contributed by atoms with Gasteiger partial charge in [-0.1, -0.05) is 26.0 Å². The van der Waals surface area contributed by atoms with E-state index in [1.165, 1.54) is 5.56 Å². The van der Waals surface area contributed by atoms with E-state index in [9.17, 15) is 5.11 Å². The van der Waals surface area contributed by atoms with Crippen molar-refractivity contribution in [2.24, 2.45) is 5.73 Å². The van der Waals surface area contributed by atoms with E-state index in [1.807, 2.05) is 26.0 Å². The van der Waals surface area contributed by atoms with Crippen LogP contribution in [0.4, 0.5) is 0 Å². The highest BCUT2D eigenvalue weighted by Gasteiger charge is 2.19. The summed E-state index contributed by atoms with van der Waals surface area (Å²) in [5, 5.41) is 9.64. The lowest BCUT2D eigenvalue weighted by molar-refractivity contribution is 0.464. The van der Waals surface area contributed by atoms with Crippen LogP contribution < -0.4 is 5.73 Å². The van der Waals surface area contributed by atoms with Crippen LogP contribution >= 0.6 is 0 Å². The van der Waals surface area contributed by atoms with Gasteiger partial charge in [-0.3, -0.25) is 0 Å². The van der Waals surface area contributed by atoms with Gasteiger partial charge in [-0.2, -0.15) is 0 Å². The lowest BCUT2D eigenvalue weighted by Gasteiger charge is -2.24. The molecular formula is C12H19NO. The molecule has 1 aromatic carbocycles. The molecule has 3 N–H and O–H groups in total. The van der Waals surface area contributed by atoms with Crippen molar-refractivity contribution in [1.29, 1.82) is 0 Å². The van der Waals surface area contributed by atoms with E-state index in [-0.39, 0.29) is 5.41 Å². The Morgan fingerprint density at radius 2 is 1.64 bits per heavy atom. The van der Waals surface area contributed by atoms with Gasteiger partial charge in [0, 0.05) is 12.0 Å². The molecule has 0 atom stereocenters. The zero-order chi connectivity index (χ0) is 10.9. The summed E-state index contributed by atoms with van der Waals surface area (Å²) in [7, 11) is 0. The molecule has 0 aromatic heterocycles. The average Bonchev–Trinajstić information content (AvgIpc) is 2.13. The first-order valence-electron chi connectivity index (χ1n) is 4.89. The fourth-order valence-electron chi connectivity index (χ4n) is 1.46. The number of nitrogens with two attached hydrogens (primary N) is 1. The first-order chi connectivity index (χ1) is 6.38. The number of aromatic hydroxyl groups is 1. The number of rotatable bonds is 2. The minimum absolute atomic E-state index is 0.0246. The second kappa shape index (κ2) is 3.62. The van der Waals surface area contributed by atoms with Crippen molar-refractivity contribution in [3.05, 3.63) is 28.8 Å². The van der Waals surface area contributed by atoms with Gasteiger partial charge in [-0.05, 0) is 30.5 Å². The summed E-state index contributed by atoms with van der Waals surface area (Å²) in [5.41, 5.74) is 8.71. The van der Waals surface area contributed by atoms with E-state index in [0.29, 0.717) is 12.3 Å². The van der Waals surface area contributed by atoms with Gasteiger partial charge in [0.1, 0.15) is 5.75 Å². The van der Waals surface area contributed by atoms with Crippen molar-refractivity contribution in [1.82, 2.24) is 0 Å². The third-order valence-electron chi connectivity index (χ3n) is 2.78. The Bertz CT molecular complexity index is 319. The zero-order valence-corrected chi connectivity index (χ0v) is 9.39. The minimum Gasteiger partial charge on any atom is -0.507 e. The number of hydrogen-bond donors (Lipinski definition) is 2. The quantitative estimate of drug-likeness (QED) is 0.756. The average molecular weight is 193 g/mol. The molecule has 0 saturated heterocycles. The van der Waals surface area contributed by atoms with Gasteiger partial charge in [0.25, 0.3) is 0 Å². The molecule has 0 aliphatic heterocycles. The monoisotopic (exact) mass is 193 g/mol. The smallest absolute Gasteiger partial charge is 0.121 e. The number of aryl methyl sites for hydroxylation is 2. The molecule has 0 heterocycles. The summed E-state index contributed by atoms with van der Waals surface area (Å²) in [4.78, 5) is 0. The second-order valence-corrected chi connectivity index (χ2v) is 4.55. The van der Waals surface area contributed by atoms with E-state index in [4.69, 9.17) is 5.73 Å². The normalized spacial score (nSPS) is 11.8. The Labute approximate surface area is 85.8 Å². The maximum absolute atomic E-state index is 9.64. The Morgan fingerprint density at radius 1 is 1.21 bits per heavy atom. The fraction of sp³-hybridized carbons (Fsp3) is 0.500. The Hall–Kier alpha value is -1.02. The number of phenols is 1. The lowest BCUT2D eigenvalue weighted by Crippen LogP contribution is -2.28. The van der Waals surface area contributed by atoms with E-state index < -0.39 is 0 Å². The summed E-state index contributed by atoms with van der Waals surface area (Å²) in [5.74, 6) is 0.390. The van der Waals surface area contributed by atoms with Gasteiger partial charge in [0.15, 0.2) is 0 Å². The number of phenolic OH excluding ortho intramolecular Hbond substituents is 1. The topological polar surface area (TPSA) is 46.2 Å². The van der Waals surface area contributed by atoms with Crippen LogP contribution in [0.25, 0.3) is 0 Å². The van der Waals surface area contributed by atoms with Crippen LogP contribution in [0.3, 0.4) is 0 Å². The van der Waals surface area contributed by atoms with E-state index in [2.05, 4.69) is 13.8 Å². The molecule has 1 aromatic rings. The second-order valence-electron chi connectivity index (χ2n) is 4.55. The van der Waals surface area contributed by atoms with Crippen LogP contribution in [0.2, 0.25) is 0 Å². The van der Waals surface area contributed by atoms with Crippen LogP contribution in [-0.2, 0) is 5.41 Å². The SMILES string of the molecule is Cc1cc(C(C)(C)CN)cc(C)c1O. The predicted molar refractivity (Wildman–Crippen MR) is 59.7 cm³/mol. The van der Waals surface area contributed by atoms with Crippen molar-refractivity contribution in [2.75, 3.05) is 6.54 Å². The first kappa shape index (κ1) is 11.1. The highest BCUT2D eigenvalue weighted by molar-refractivity contribution is 5.44. The highest BCUT2D eigenvalue weighted by atomic mass is 16.3. The summed E-state index contributed by atoms with van der Waals surface area (Å²) in [6, 6.07) is 4.02. The Balaban J connectivity index is 3.26. The lowest BCUT2D eigenvalue weighted by atomic mass is 9.83. The fourth-order valence-corrected chi connectivity index (χ4v) is 1.46. The van der Waals surface area contributed by atoms with E-state index >= 15 is 0 Å². The molecule has 78 valence electrons.